The van der Waals surface area contributed by atoms with Gasteiger partial charge in [0.25, 0.3) is 5.15 Å². The number of aromatic nitrogens is 1. The molecule has 0 bridgehead atoms. The summed E-state index contributed by atoms with van der Waals surface area (Å²) in [6.07, 6.45) is 5.30. The summed E-state index contributed by atoms with van der Waals surface area (Å²) in [5.41, 5.74) is 3.80. The largest absolute Gasteiger partial charge is 0.377 e. The van der Waals surface area contributed by atoms with Crippen LogP contribution in [0.15, 0.2) is 42.5 Å². The zero-order chi connectivity index (χ0) is 23.7. The molecule has 5 rings (SSSR count). The molecule has 1 aliphatic carbocycles. The number of amides is 1. The minimum atomic E-state index is -0.106. The summed E-state index contributed by atoms with van der Waals surface area (Å²) >= 11 is 6.28. The minimum absolute atomic E-state index is 0.00375. The van der Waals surface area contributed by atoms with Crippen LogP contribution in [0.3, 0.4) is 0 Å². The maximum absolute atomic E-state index is 14.3. The lowest BCUT2D eigenvalue weighted by Crippen LogP contribution is -2.82. The van der Waals surface area contributed by atoms with E-state index in [0.29, 0.717) is 23.6 Å². The molecule has 3 N–H and O–H groups in total. The fourth-order valence-corrected chi connectivity index (χ4v) is 6.88. The molecule has 1 aromatic carbocycles. The monoisotopic (exact) mass is 483 g/mol. The molecule has 2 fully saturated rings. The molecule has 3 aliphatic rings. The third-order valence-electron chi connectivity index (χ3n) is 8.35. The van der Waals surface area contributed by atoms with Crippen LogP contribution in [0.5, 0.6) is 0 Å². The number of quaternary nitrogens is 1. The van der Waals surface area contributed by atoms with Gasteiger partial charge in [-0.15, -0.1) is 0 Å². The van der Waals surface area contributed by atoms with E-state index < -0.39 is 0 Å². The molecule has 5 nitrogen and oxygen atoms in total. The van der Waals surface area contributed by atoms with Crippen molar-refractivity contribution in [1.82, 2.24) is 4.90 Å². The second-order valence-corrected chi connectivity index (χ2v) is 11.1. The van der Waals surface area contributed by atoms with Gasteiger partial charge in [-0.2, -0.15) is 4.98 Å². The number of halogens is 1. The van der Waals surface area contributed by atoms with E-state index in [1.54, 1.807) is 0 Å². The molecule has 1 spiro atoms. The Kier molecular flexibility index (Phi) is 6.97. The average Bonchev–Trinajstić information content (AvgIpc) is 3.26. The van der Waals surface area contributed by atoms with Crippen molar-refractivity contribution in [2.45, 2.75) is 69.4 Å². The molecule has 182 valence electrons. The van der Waals surface area contributed by atoms with Crippen molar-refractivity contribution in [3.8, 4) is 0 Å². The number of aromatic amines is 1. The maximum Gasteiger partial charge on any atom is 0.273 e. The van der Waals surface area contributed by atoms with Crippen LogP contribution in [-0.4, -0.2) is 49.2 Å². The predicted octanol–water partition coefficient (Wildman–Crippen LogP) is 3.12. The van der Waals surface area contributed by atoms with Crippen LogP contribution < -0.4 is 10.3 Å². The summed E-state index contributed by atoms with van der Waals surface area (Å²) in [5.74, 6) is 0.790. The predicted molar refractivity (Wildman–Crippen MR) is 133 cm³/mol. The summed E-state index contributed by atoms with van der Waals surface area (Å²) in [5, 5.41) is 3.03. The van der Waals surface area contributed by atoms with Gasteiger partial charge in [0.05, 0.1) is 37.3 Å². The number of rotatable bonds is 5. The molecule has 6 heteroatoms. The first-order valence-corrected chi connectivity index (χ1v) is 13.4. The van der Waals surface area contributed by atoms with Crippen molar-refractivity contribution < 1.29 is 19.8 Å². The molecule has 34 heavy (non-hydrogen) atoms. The van der Waals surface area contributed by atoms with Crippen molar-refractivity contribution in [1.29, 1.82) is 0 Å². The lowest BCUT2D eigenvalue weighted by Gasteiger charge is -2.43. The van der Waals surface area contributed by atoms with Gasteiger partial charge in [0.1, 0.15) is 5.92 Å². The number of piperidine rings is 1. The lowest BCUT2D eigenvalue weighted by atomic mass is 9.65. The summed E-state index contributed by atoms with van der Waals surface area (Å²) in [7, 11) is 0. The number of hydrogen-bond donors (Lipinski definition) is 1. The number of hydrogen-bond acceptors (Lipinski definition) is 2. The highest BCUT2D eigenvalue weighted by atomic mass is 35.5. The molecule has 3 heterocycles. The fraction of sp³-hybridized carbons (Fsp3) is 0.571. The topological polar surface area (TPSA) is 60.3 Å². The average molecular weight is 484 g/mol. The molecule has 2 aromatic rings. The van der Waals surface area contributed by atoms with E-state index in [4.69, 9.17) is 16.3 Å². The van der Waals surface area contributed by atoms with Crippen molar-refractivity contribution in [3.63, 3.8) is 0 Å². The second kappa shape index (κ2) is 9.96. The number of likely N-dealkylation sites (tertiary alicyclic amines) is 1. The Balaban J connectivity index is 1.41. The van der Waals surface area contributed by atoms with E-state index >= 15 is 0 Å². The smallest absolute Gasteiger partial charge is 0.273 e. The number of nitrogens with zero attached hydrogens (tertiary/aromatic N) is 1. The number of aryl methyl sites for hydroxylation is 1. The Bertz CT molecular complexity index is 1010. The standard InChI is InChI=1S/C28H36ClN3O2/c1-19(2)34-17-22-15-21(20-7-4-3-5-8-20)12-14-32(22)27(33)24-16-30-18-28(24)13-6-9-25-23(28)10-11-26(29)31-25/h3-5,7-8,10-11,19,21-22,24,30H,6,9,12-18H2,1-2H3/p+2/t21?,22?,24-,28-/m0/s1. The van der Waals surface area contributed by atoms with Crippen LogP contribution in [0, 0.1) is 5.92 Å². The van der Waals surface area contributed by atoms with E-state index in [1.165, 1.54) is 16.8 Å². The van der Waals surface area contributed by atoms with Gasteiger partial charge in [-0.05, 0) is 68.7 Å². The molecule has 2 unspecified atom stereocenters. The highest BCUT2D eigenvalue weighted by molar-refractivity contribution is 6.28. The highest BCUT2D eigenvalue weighted by Gasteiger charge is 2.56. The number of benzene rings is 1. The van der Waals surface area contributed by atoms with Crippen LogP contribution in [-0.2, 0) is 21.4 Å². The number of carbonyl (C=O) groups excluding carboxylic acids is 1. The van der Waals surface area contributed by atoms with Crippen LogP contribution in [0.2, 0.25) is 5.15 Å². The lowest BCUT2D eigenvalue weighted by molar-refractivity contribution is -0.640. The summed E-state index contributed by atoms with van der Waals surface area (Å²) < 4.78 is 6.09. The van der Waals surface area contributed by atoms with Gasteiger partial charge in [0, 0.05) is 24.6 Å². The SMILES string of the molecule is CC(C)OCC1CC(c2ccccc2)CCN1C(=O)[C@@H]1C[NH2+]C[C@]12CCCc1[nH+]c(Cl)ccc12. The van der Waals surface area contributed by atoms with Crippen molar-refractivity contribution in [2.75, 3.05) is 26.2 Å². The minimum Gasteiger partial charge on any atom is -0.377 e. The highest BCUT2D eigenvalue weighted by Crippen LogP contribution is 2.44. The molecule has 4 atom stereocenters. The number of H-pyrrole nitrogens is 1. The van der Waals surface area contributed by atoms with Crippen molar-refractivity contribution in [3.05, 3.63) is 64.4 Å². The van der Waals surface area contributed by atoms with Crippen LogP contribution >= 0.6 is 11.6 Å². The molecule has 1 aromatic heterocycles. The summed E-state index contributed by atoms with van der Waals surface area (Å²) in [6, 6.07) is 15.0. The molecule has 0 radical (unpaired) electrons. The Hall–Kier alpha value is -1.95. The Morgan fingerprint density at radius 1 is 1.26 bits per heavy atom. The Morgan fingerprint density at radius 3 is 2.88 bits per heavy atom. The van der Waals surface area contributed by atoms with Crippen molar-refractivity contribution in [2.24, 2.45) is 5.92 Å². The maximum atomic E-state index is 14.3. The van der Waals surface area contributed by atoms with Crippen LogP contribution in [0.1, 0.15) is 62.3 Å². The van der Waals surface area contributed by atoms with Gasteiger partial charge in [0.15, 0.2) is 5.69 Å². The Labute approximate surface area is 208 Å². The first-order valence-electron chi connectivity index (χ1n) is 13.0. The zero-order valence-electron chi connectivity index (χ0n) is 20.4. The van der Waals surface area contributed by atoms with E-state index in [0.717, 1.165) is 51.7 Å². The van der Waals surface area contributed by atoms with Crippen LogP contribution in [0.4, 0.5) is 0 Å². The Morgan fingerprint density at radius 2 is 2.09 bits per heavy atom. The van der Waals surface area contributed by atoms with Crippen molar-refractivity contribution >= 4 is 17.5 Å². The molecular weight excluding hydrogens is 446 g/mol. The zero-order valence-corrected chi connectivity index (χ0v) is 21.2. The summed E-state index contributed by atoms with van der Waals surface area (Å²) in [4.78, 5) is 19.8. The van der Waals surface area contributed by atoms with Crippen LogP contribution in [0.25, 0.3) is 0 Å². The number of carbonyl (C=O) groups is 1. The third kappa shape index (κ3) is 4.50. The molecule has 1 amide bonds. The van der Waals surface area contributed by atoms with Gasteiger partial charge < -0.3 is 15.0 Å². The number of nitrogens with two attached hydrogens (primary N) is 1. The summed E-state index contributed by atoms with van der Waals surface area (Å²) in [6.45, 7) is 7.39. The van der Waals surface area contributed by atoms with Gasteiger partial charge in [-0.3, -0.25) is 4.79 Å². The molecule has 2 aliphatic heterocycles. The van der Waals surface area contributed by atoms with Gasteiger partial charge >= 0.3 is 0 Å². The van der Waals surface area contributed by atoms with E-state index in [9.17, 15) is 4.79 Å². The first-order chi connectivity index (χ1) is 16.5. The number of pyridine rings is 1. The quantitative estimate of drug-likeness (QED) is 0.664. The third-order valence-corrected chi connectivity index (χ3v) is 8.57. The molecule has 2 saturated heterocycles. The fourth-order valence-electron chi connectivity index (χ4n) is 6.71. The van der Waals surface area contributed by atoms with Gasteiger partial charge in [-0.1, -0.05) is 30.3 Å². The van der Waals surface area contributed by atoms with E-state index in [1.807, 2.05) is 6.07 Å². The van der Waals surface area contributed by atoms with Gasteiger partial charge in [-0.25, -0.2) is 0 Å². The number of nitrogens with one attached hydrogen (secondary N) is 1. The molecular formula is C28H38ClN3O2+2. The molecule has 0 saturated carbocycles. The normalized spacial score (nSPS) is 28.9. The number of ether oxygens (including phenoxy) is 1. The number of fused-ring (bicyclic) bond motifs is 2. The van der Waals surface area contributed by atoms with E-state index in [-0.39, 0.29) is 23.5 Å². The van der Waals surface area contributed by atoms with Gasteiger partial charge in [0.2, 0.25) is 5.91 Å². The van der Waals surface area contributed by atoms with E-state index in [2.05, 4.69) is 65.4 Å². The first kappa shape index (κ1) is 23.8. The second-order valence-electron chi connectivity index (χ2n) is 10.7.